The number of carbonyl (C=O) groups is 1. The number of ether oxygens (including phenoxy) is 1. The third-order valence-electron chi connectivity index (χ3n) is 1.82. The molecule has 0 saturated heterocycles. The second-order valence-corrected chi connectivity index (χ2v) is 5.47. The Morgan fingerprint density at radius 2 is 1.88 bits per heavy atom. The van der Waals surface area contributed by atoms with Crippen LogP contribution in [0.25, 0.3) is 0 Å². The van der Waals surface area contributed by atoms with Gasteiger partial charge in [-0.05, 0) is 12.1 Å². The Bertz CT molecular complexity index is 510. The summed E-state index contributed by atoms with van der Waals surface area (Å²) in [6.45, 7) is -0.486. The number of methoxy groups -OCH3 is 1. The standard InChI is InChI=1S/C9H9Cl2NO4S/c1-16-8(13)5-12-17(14,15)9-6(10)3-2-4-7(9)11/h2-4,12H,5H2,1H3. The van der Waals surface area contributed by atoms with Gasteiger partial charge in [-0.2, -0.15) is 4.72 Å². The van der Waals surface area contributed by atoms with Gasteiger partial charge in [0.15, 0.2) is 0 Å². The fourth-order valence-corrected chi connectivity index (χ4v) is 3.15. The second kappa shape index (κ2) is 5.68. The van der Waals surface area contributed by atoms with E-state index in [0.717, 1.165) is 7.11 Å². The van der Waals surface area contributed by atoms with Gasteiger partial charge in [-0.1, -0.05) is 29.3 Å². The van der Waals surface area contributed by atoms with Crippen molar-refractivity contribution in [3.05, 3.63) is 28.2 Å². The zero-order valence-corrected chi connectivity index (χ0v) is 11.1. The Morgan fingerprint density at radius 1 is 1.35 bits per heavy atom. The van der Waals surface area contributed by atoms with Crippen molar-refractivity contribution in [2.75, 3.05) is 13.7 Å². The highest BCUT2D eigenvalue weighted by Gasteiger charge is 2.22. The predicted molar refractivity (Wildman–Crippen MR) is 63.7 cm³/mol. The maximum atomic E-state index is 11.8. The molecule has 0 aromatic heterocycles. The summed E-state index contributed by atoms with van der Waals surface area (Å²) in [5, 5.41) is -0.0373. The van der Waals surface area contributed by atoms with Crippen LogP contribution in [0, 0.1) is 0 Å². The van der Waals surface area contributed by atoms with E-state index in [1.54, 1.807) is 0 Å². The van der Waals surface area contributed by atoms with Crippen molar-refractivity contribution in [1.82, 2.24) is 4.72 Å². The van der Waals surface area contributed by atoms with Gasteiger partial charge in [0, 0.05) is 0 Å². The van der Waals surface area contributed by atoms with Crippen LogP contribution in [0.1, 0.15) is 0 Å². The van der Waals surface area contributed by atoms with Crippen LogP contribution in [0.4, 0.5) is 0 Å². The molecule has 0 atom stereocenters. The van der Waals surface area contributed by atoms with Crippen molar-refractivity contribution in [3.8, 4) is 0 Å². The molecule has 0 spiro atoms. The molecule has 0 bridgehead atoms. The highest BCUT2D eigenvalue weighted by Crippen LogP contribution is 2.28. The van der Waals surface area contributed by atoms with Gasteiger partial charge >= 0.3 is 5.97 Å². The number of hydrogen-bond donors (Lipinski definition) is 1. The Morgan fingerprint density at radius 3 is 2.35 bits per heavy atom. The number of benzene rings is 1. The van der Waals surface area contributed by atoms with Crippen molar-refractivity contribution in [2.45, 2.75) is 4.90 Å². The number of nitrogens with one attached hydrogen (secondary N) is 1. The van der Waals surface area contributed by atoms with E-state index in [0.29, 0.717) is 0 Å². The molecule has 17 heavy (non-hydrogen) atoms. The van der Waals surface area contributed by atoms with E-state index in [2.05, 4.69) is 4.74 Å². The van der Waals surface area contributed by atoms with E-state index in [1.807, 2.05) is 4.72 Å². The van der Waals surface area contributed by atoms with E-state index in [-0.39, 0.29) is 14.9 Å². The van der Waals surface area contributed by atoms with Crippen LogP contribution in [0.2, 0.25) is 10.0 Å². The summed E-state index contributed by atoms with van der Waals surface area (Å²) in [6, 6.07) is 4.30. The quantitative estimate of drug-likeness (QED) is 0.854. The van der Waals surface area contributed by atoms with Gasteiger partial charge < -0.3 is 4.74 Å². The summed E-state index contributed by atoms with van der Waals surface area (Å²) in [5.74, 6) is -0.711. The smallest absolute Gasteiger partial charge is 0.320 e. The van der Waals surface area contributed by atoms with Gasteiger partial charge in [0.1, 0.15) is 11.4 Å². The monoisotopic (exact) mass is 297 g/mol. The minimum absolute atomic E-state index is 0.0186. The Kier molecular flexibility index (Phi) is 4.76. The molecule has 0 aliphatic rings. The molecule has 5 nitrogen and oxygen atoms in total. The van der Waals surface area contributed by atoms with E-state index in [9.17, 15) is 13.2 Å². The summed E-state index contributed by atoms with van der Waals surface area (Å²) >= 11 is 11.5. The van der Waals surface area contributed by atoms with Crippen molar-refractivity contribution >= 4 is 39.2 Å². The maximum absolute atomic E-state index is 11.8. The van der Waals surface area contributed by atoms with Crippen LogP contribution in [-0.4, -0.2) is 28.0 Å². The average Bonchev–Trinajstić information content (AvgIpc) is 2.25. The molecule has 0 saturated carbocycles. The summed E-state index contributed by atoms with van der Waals surface area (Å²) in [7, 11) is -2.79. The number of esters is 1. The largest absolute Gasteiger partial charge is 0.468 e. The summed E-state index contributed by atoms with van der Waals surface area (Å²) in [4.78, 5) is 10.6. The molecule has 0 unspecified atom stereocenters. The van der Waals surface area contributed by atoms with Crippen LogP contribution in [-0.2, 0) is 19.6 Å². The van der Waals surface area contributed by atoms with E-state index >= 15 is 0 Å². The van der Waals surface area contributed by atoms with Crippen LogP contribution in [0.3, 0.4) is 0 Å². The molecule has 1 rings (SSSR count). The van der Waals surface area contributed by atoms with Crippen molar-refractivity contribution in [1.29, 1.82) is 0 Å². The topological polar surface area (TPSA) is 72.5 Å². The van der Waals surface area contributed by atoms with Gasteiger partial charge in [0.25, 0.3) is 0 Å². The van der Waals surface area contributed by atoms with Crippen molar-refractivity contribution < 1.29 is 17.9 Å². The molecular formula is C9H9Cl2NO4S. The lowest BCUT2D eigenvalue weighted by Crippen LogP contribution is -2.30. The fraction of sp³-hybridized carbons (Fsp3) is 0.222. The number of sulfonamides is 1. The maximum Gasteiger partial charge on any atom is 0.320 e. The van der Waals surface area contributed by atoms with E-state index in [1.165, 1.54) is 18.2 Å². The minimum Gasteiger partial charge on any atom is -0.468 e. The first-order chi connectivity index (χ1) is 7.88. The Balaban J connectivity index is 3.02. The van der Waals surface area contributed by atoms with Gasteiger partial charge in [-0.25, -0.2) is 8.42 Å². The molecule has 0 heterocycles. The fourth-order valence-electron chi connectivity index (χ4n) is 1.04. The first-order valence-corrected chi connectivity index (χ1v) is 6.63. The number of halogens is 2. The van der Waals surface area contributed by atoms with Crippen LogP contribution < -0.4 is 4.72 Å². The van der Waals surface area contributed by atoms with Gasteiger partial charge in [0.2, 0.25) is 10.0 Å². The van der Waals surface area contributed by atoms with Gasteiger partial charge in [0.05, 0.1) is 17.2 Å². The Hall–Kier alpha value is -0.820. The SMILES string of the molecule is COC(=O)CNS(=O)(=O)c1c(Cl)cccc1Cl. The van der Waals surface area contributed by atoms with Crippen LogP contribution >= 0.6 is 23.2 Å². The highest BCUT2D eigenvalue weighted by atomic mass is 35.5. The summed E-state index contributed by atoms with van der Waals surface area (Å²) in [5.41, 5.74) is 0. The first-order valence-electron chi connectivity index (χ1n) is 4.39. The summed E-state index contributed by atoms with van der Waals surface area (Å²) < 4.78 is 30.0. The lowest BCUT2D eigenvalue weighted by atomic mass is 10.4. The zero-order valence-electron chi connectivity index (χ0n) is 8.74. The third kappa shape index (κ3) is 3.57. The zero-order chi connectivity index (χ0) is 13.1. The minimum atomic E-state index is -3.94. The molecule has 0 aliphatic heterocycles. The molecule has 0 aliphatic carbocycles. The number of rotatable bonds is 4. The normalized spacial score (nSPS) is 11.2. The van der Waals surface area contributed by atoms with Crippen molar-refractivity contribution in [3.63, 3.8) is 0 Å². The molecule has 0 radical (unpaired) electrons. The number of hydrogen-bond acceptors (Lipinski definition) is 4. The molecule has 1 aromatic rings. The van der Waals surface area contributed by atoms with Gasteiger partial charge in [-0.3, -0.25) is 4.79 Å². The molecular weight excluding hydrogens is 289 g/mol. The van der Waals surface area contributed by atoms with Crippen LogP contribution in [0.15, 0.2) is 23.1 Å². The Labute approximate surface area is 109 Å². The van der Waals surface area contributed by atoms with E-state index < -0.39 is 22.5 Å². The lowest BCUT2D eigenvalue weighted by Gasteiger charge is -2.08. The molecule has 94 valence electrons. The average molecular weight is 298 g/mol. The third-order valence-corrected chi connectivity index (χ3v) is 4.18. The highest BCUT2D eigenvalue weighted by molar-refractivity contribution is 7.89. The number of carbonyl (C=O) groups excluding carboxylic acids is 1. The second-order valence-electron chi connectivity index (χ2n) is 2.95. The summed E-state index contributed by atoms with van der Waals surface area (Å²) in [6.07, 6.45) is 0. The van der Waals surface area contributed by atoms with Crippen LogP contribution in [0.5, 0.6) is 0 Å². The van der Waals surface area contributed by atoms with Crippen molar-refractivity contribution in [2.24, 2.45) is 0 Å². The predicted octanol–water partition coefficient (Wildman–Crippen LogP) is 1.44. The molecule has 1 aromatic carbocycles. The molecule has 8 heteroatoms. The van der Waals surface area contributed by atoms with Gasteiger partial charge in [-0.15, -0.1) is 0 Å². The molecule has 0 fully saturated rings. The molecule has 1 N–H and O–H groups in total. The lowest BCUT2D eigenvalue weighted by molar-refractivity contribution is -0.139. The molecule has 0 amide bonds. The van der Waals surface area contributed by atoms with E-state index in [4.69, 9.17) is 23.2 Å². The first kappa shape index (κ1) is 14.2.